The van der Waals surface area contributed by atoms with Crippen LogP contribution >= 0.6 is 24.2 Å². The largest absolute Gasteiger partial charge is 0.353 e. The quantitative estimate of drug-likeness (QED) is 0.792. The van der Waals surface area contributed by atoms with Gasteiger partial charge < -0.3 is 16.0 Å². The van der Waals surface area contributed by atoms with Crippen LogP contribution in [0.25, 0.3) is 0 Å². The van der Waals surface area contributed by atoms with Crippen molar-refractivity contribution in [3.8, 4) is 0 Å². The van der Waals surface area contributed by atoms with Crippen molar-refractivity contribution in [2.45, 2.75) is 26.8 Å². The summed E-state index contributed by atoms with van der Waals surface area (Å²) in [5, 5.41) is 2.74. The fourth-order valence-corrected chi connectivity index (χ4v) is 2.76. The minimum atomic E-state index is -0.447. The van der Waals surface area contributed by atoms with Crippen LogP contribution in [-0.4, -0.2) is 47.5 Å². The van der Waals surface area contributed by atoms with Crippen LogP contribution in [0.1, 0.15) is 20.8 Å². The van der Waals surface area contributed by atoms with Crippen LogP contribution in [0.3, 0.4) is 0 Å². The van der Waals surface area contributed by atoms with E-state index < -0.39 is 5.41 Å². The lowest BCUT2D eigenvalue weighted by Gasteiger charge is -2.29. The second kappa shape index (κ2) is 7.21. The van der Waals surface area contributed by atoms with Crippen LogP contribution in [0, 0.1) is 5.41 Å². The Kier molecular flexibility index (Phi) is 7.02. The Morgan fingerprint density at radius 3 is 2.56 bits per heavy atom. The molecule has 0 aromatic heterocycles. The molecule has 5 nitrogen and oxygen atoms in total. The van der Waals surface area contributed by atoms with Crippen molar-refractivity contribution < 1.29 is 9.59 Å². The Bertz CT molecular complexity index is 307. The second-order valence-corrected chi connectivity index (χ2v) is 6.12. The van der Waals surface area contributed by atoms with Crippen LogP contribution in [0.4, 0.5) is 0 Å². The molecule has 0 spiro atoms. The molecule has 0 saturated carbocycles. The predicted octanol–water partition coefficient (Wildman–Crippen LogP) is 0.431. The summed E-state index contributed by atoms with van der Waals surface area (Å²) in [6, 6.07) is -0.349. The monoisotopic (exact) mass is 295 g/mol. The topological polar surface area (TPSA) is 75.4 Å². The lowest BCUT2D eigenvalue weighted by atomic mass is 9.94. The van der Waals surface area contributed by atoms with Crippen molar-refractivity contribution in [3.63, 3.8) is 0 Å². The lowest BCUT2D eigenvalue weighted by Crippen LogP contribution is -2.51. The number of nitrogens with one attached hydrogen (secondary N) is 1. The summed E-state index contributed by atoms with van der Waals surface area (Å²) in [5.74, 6) is 1.18. The highest BCUT2D eigenvalue weighted by molar-refractivity contribution is 7.99. The molecule has 18 heavy (non-hydrogen) atoms. The van der Waals surface area contributed by atoms with Gasteiger partial charge in [-0.25, -0.2) is 0 Å². The molecule has 2 amide bonds. The van der Waals surface area contributed by atoms with E-state index in [1.807, 2.05) is 20.8 Å². The number of rotatable bonds is 3. The molecule has 1 fully saturated rings. The third-order valence-corrected chi connectivity index (χ3v) is 3.54. The summed E-state index contributed by atoms with van der Waals surface area (Å²) in [7, 11) is 0. The van der Waals surface area contributed by atoms with Gasteiger partial charge in [0.2, 0.25) is 11.8 Å². The summed E-state index contributed by atoms with van der Waals surface area (Å²) >= 11 is 1.61. The zero-order valence-electron chi connectivity index (χ0n) is 11.1. The number of hydrogen-bond acceptors (Lipinski definition) is 4. The van der Waals surface area contributed by atoms with Crippen molar-refractivity contribution in [2.24, 2.45) is 11.1 Å². The molecule has 0 aromatic carbocycles. The van der Waals surface area contributed by atoms with Gasteiger partial charge >= 0.3 is 0 Å². The average molecular weight is 296 g/mol. The Balaban J connectivity index is 0.00000289. The number of halogens is 1. The molecule has 7 heteroatoms. The standard InChI is InChI=1S/C11H21N3O2S.ClH/c1-11(2,3)10(16)14-7-17-6-8(14)9(15)13-5-4-12;/h8H,4-7,12H2,1-3H3,(H,13,15);1H. The van der Waals surface area contributed by atoms with Gasteiger partial charge in [-0.2, -0.15) is 0 Å². The van der Waals surface area contributed by atoms with Crippen molar-refractivity contribution in [2.75, 3.05) is 24.7 Å². The summed E-state index contributed by atoms with van der Waals surface area (Å²) < 4.78 is 0. The Labute approximate surface area is 119 Å². The second-order valence-electron chi connectivity index (χ2n) is 5.12. The number of carbonyl (C=O) groups is 2. The summed E-state index contributed by atoms with van der Waals surface area (Å²) in [6.07, 6.45) is 0. The van der Waals surface area contributed by atoms with E-state index >= 15 is 0 Å². The minimum absolute atomic E-state index is 0. The zero-order valence-corrected chi connectivity index (χ0v) is 12.7. The minimum Gasteiger partial charge on any atom is -0.353 e. The first-order valence-corrected chi connectivity index (χ1v) is 6.90. The molecule has 1 atom stereocenters. The van der Waals surface area contributed by atoms with Gasteiger partial charge in [-0.1, -0.05) is 20.8 Å². The summed E-state index contributed by atoms with van der Waals surface area (Å²) in [4.78, 5) is 25.7. The summed E-state index contributed by atoms with van der Waals surface area (Å²) in [6.45, 7) is 6.48. The SMILES string of the molecule is CC(C)(C)C(=O)N1CSCC1C(=O)NCCN.Cl. The van der Waals surface area contributed by atoms with E-state index in [-0.39, 0.29) is 30.3 Å². The van der Waals surface area contributed by atoms with Gasteiger partial charge in [0.25, 0.3) is 0 Å². The average Bonchev–Trinajstić information content (AvgIpc) is 2.72. The molecule has 1 saturated heterocycles. The van der Waals surface area contributed by atoms with E-state index in [0.29, 0.717) is 24.7 Å². The number of amides is 2. The number of thioether (sulfide) groups is 1. The van der Waals surface area contributed by atoms with Gasteiger partial charge in [-0.15, -0.1) is 24.2 Å². The van der Waals surface area contributed by atoms with E-state index in [1.165, 1.54) is 0 Å². The van der Waals surface area contributed by atoms with E-state index in [4.69, 9.17) is 5.73 Å². The van der Waals surface area contributed by atoms with Crippen molar-refractivity contribution in [1.29, 1.82) is 0 Å². The zero-order chi connectivity index (χ0) is 13.1. The Morgan fingerprint density at radius 1 is 1.44 bits per heavy atom. The van der Waals surface area contributed by atoms with Gasteiger partial charge in [0.05, 0.1) is 5.88 Å². The van der Waals surface area contributed by atoms with Crippen LogP contribution in [0.15, 0.2) is 0 Å². The molecular formula is C11H22ClN3O2S. The van der Waals surface area contributed by atoms with E-state index in [9.17, 15) is 9.59 Å². The lowest BCUT2D eigenvalue weighted by molar-refractivity contribution is -0.144. The maximum Gasteiger partial charge on any atom is 0.243 e. The van der Waals surface area contributed by atoms with Gasteiger partial charge in [0.1, 0.15) is 6.04 Å². The number of carbonyl (C=O) groups excluding carboxylic acids is 2. The molecule has 106 valence electrons. The van der Waals surface area contributed by atoms with Crippen LogP contribution in [0.2, 0.25) is 0 Å². The molecule has 1 aliphatic heterocycles. The van der Waals surface area contributed by atoms with E-state index in [1.54, 1.807) is 16.7 Å². The Morgan fingerprint density at radius 2 is 2.06 bits per heavy atom. The maximum atomic E-state index is 12.2. The van der Waals surface area contributed by atoms with Crippen LogP contribution < -0.4 is 11.1 Å². The molecule has 0 bridgehead atoms. The highest BCUT2D eigenvalue weighted by Crippen LogP contribution is 2.27. The van der Waals surface area contributed by atoms with Crippen LogP contribution in [0.5, 0.6) is 0 Å². The van der Waals surface area contributed by atoms with Crippen molar-refractivity contribution in [3.05, 3.63) is 0 Å². The third-order valence-electron chi connectivity index (χ3n) is 2.53. The van der Waals surface area contributed by atoms with E-state index in [0.717, 1.165) is 0 Å². The van der Waals surface area contributed by atoms with Gasteiger partial charge in [0, 0.05) is 24.3 Å². The van der Waals surface area contributed by atoms with Gasteiger partial charge in [-0.3, -0.25) is 9.59 Å². The number of nitrogens with two attached hydrogens (primary N) is 1. The molecule has 0 aromatic rings. The van der Waals surface area contributed by atoms with Gasteiger partial charge in [-0.05, 0) is 0 Å². The first-order valence-electron chi connectivity index (χ1n) is 5.74. The molecular weight excluding hydrogens is 274 g/mol. The predicted molar refractivity (Wildman–Crippen MR) is 76.7 cm³/mol. The highest BCUT2D eigenvalue weighted by atomic mass is 35.5. The highest BCUT2D eigenvalue weighted by Gasteiger charge is 2.38. The molecule has 1 unspecified atom stereocenters. The van der Waals surface area contributed by atoms with Crippen LogP contribution in [-0.2, 0) is 9.59 Å². The fourth-order valence-electron chi connectivity index (χ4n) is 1.60. The van der Waals surface area contributed by atoms with Gasteiger partial charge in [0.15, 0.2) is 0 Å². The van der Waals surface area contributed by atoms with Crippen molar-refractivity contribution in [1.82, 2.24) is 10.2 Å². The smallest absolute Gasteiger partial charge is 0.243 e. The number of nitrogens with zero attached hydrogens (tertiary/aromatic N) is 1. The molecule has 3 N–H and O–H groups in total. The molecule has 0 aliphatic carbocycles. The molecule has 1 aliphatic rings. The van der Waals surface area contributed by atoms with E-state index in [2.05, 4.69) is 5.32 Å². The first kappa shape index (κ1) is 17.5. The molecule has 1 rings (SSSR count). The summed E-state index contributed by atoms with van der Waals surface area (Å²) in [5.41, 5.74) is 4.89. The van der Waals surface area contributed by atoms with Crippen molar-refractivity contribution >= 4 is 36.0 Å². The number of hydrogen-bond donors (Lipinski definition) is 2. The Hall–Kier alpha value is -0.460. The molecule has 0 radical (unpaired) electrons. The molecule has 1 heterocycles. The fraction of sp³-hybridized carbons (Fsp3) is 0.818. The normalized spacial score (nSPS) is 19.3. The maximum absolute atomic E-state index is 12.2. The third kappa shape index (κ3) is 4.33. The first-order chi connectivity index (χ1) is 7.88.